The van der Waals surface area contributed by atoms with Crippen molar-refractivity contribution in [2.24, 2.45) is 34.5 Å². The Bertz CT molecular complexity index is 1040. The number of Topliss-reactive ketones (excluding diaryl/α,β-unsaturated/α-hetero) is 1. The minimum atomic E-state index is -0.605. The number of hydrogen-bond donors (Lipinski definition) is 1. The van der Waals surface area contributed by atoms with Crippen molar-refractivity contribution in [1.29, 1.82) is 0 Å². The Morgan fingerprint density at radius 3 is 1.76 bits per heavy atom. The van der Waals surface area contributed by atoms with E-state index in [9.17, 15) is 14.4 Å². The minimum absolute atomic E-state index is 0.121. The maximum Gasteiger partial charge on any atom is 0.317 e. The molecule has 2 aliphatic carbocycles. The van der Waals surface area contributed by atoms with Gasteiger partial charge in [-0.3, -0.25) is 14.4 Å². The Morgan fingerprint density at radius 2 is 1.34 bits per heavy atom. The summed E-state index contributed by atoms with van der Waals surface area (Å²) < 4.78 is 11.9. The summed E-state index contributed by atoms with van der Waals surface area (Å²) in [7, 11) is 0. The van der Waals surface area contributed by atoms with E-state index in [4.69, 9.17) is 9.47 Å². The van der Waals surface area contributed by atoms with Gasteiger partial charge < -0.3 is 14.8 Å². The molecule has 0 heterocycles. The number of carbonyl (C=O) groups excluding carboxylic acids is 3. The van der Waals surface area contributed by atoms with Crippen molar-refractivity contribution in [3.8, 4) is 11.5 Å². The number of esters is 2. The Balaban J connectivity index is 1.85. The van der Waals surface area contributed by atoms with Crippen molar-refractivity contribution in [1.82, 2.24) is 5.32 Å². The number of benzene rings is 1. The molecule has 0 bridgehead atoms. The molecule has 2 aliphatic rings. The van der Waals surface area contributed by atoms with Crippen molar-refractivity contribution in [2.45, 2.75) is 106 Å². The number of nitrogens with one attached hydrogen (secondary N) is 1. The zero-order chi connectivity index (χ0) is 28.5. The third kappa shape index (κ3) is 7.25. The van der Waals surface area contributed by atoms with Gasteiger partial charge >= 0.3 is 11.9 Å². The van der Waals surface area contributed by atoms with Crippen molar-refractivity contribution in [2.75, 3.05) is 6.54 Å². The van der Waals surface area contributed by atoms with Gasteiger partial charge in [0.05, 0.1) is 17.4 Å². The summed E-state index contributed by atoms with van der Waals surface area (Å²) in [5, 5.41) is 3.21. The van der Waals surface area contributed by atoms with Crippen molar-refractivity contribution in [3.63, 3.8) is 0 Å². The molecule has 1 aromatic carbocycles. The molecule has 38 heavy (non-hydrogen) atoms. The van der Waals surface area contributed by atoms with Gasteiger partial charge in [0.1, 0.15) is 0 Å². The number of carbonyl (C=O) groups is 3. The molecule has 0 amide bonds. The molecule has 6 heteroatoms. The maximum absolute atomic E-state index is 13.5. The van der Waals surface area contributed by atoms with Gasteiger partial charge in [0.2, 0.25) is 0 Å². The first-order valence-electron chi connectivity index (χ1n) is 14.4. The van der Waals surface area contributed by atoms with E-state index in [0.29, 0.717) is 29.2 Å². The van der Waals surface area contributed by atoms with Crippen LogP contribution in [0, 0.1) is 34.5 Å². The summed E-state index contributed by atoms with van der Waals surface area (Å²) in [6.45, 7) is 18.8. The summed E-state index contributed by atoms with van der Waals surface area (Å²) in [5.41, 5.74) is -0.988. The molecule has 0 aliphatic heterocycles. The lowest BCUT2D eigenvalue weighted by atomic mass is 9.85. The zero-order valence-corrected chi connectivity index (χ0v) is 25.0. The average Bonchev–Trinajstić information content (AvgIpc) is 3.43. The highest BCUT2D eigenvalue weighted by atomic mass is 16.6. The smallest absolute Gasteiger partial charge is 0.317 e. The molecule has 0 aromatic heterocycles. The summed E-state index contributed by atoms with van der Waals surface area (Å²) in [6, 6.07) is 4.79. The van der Waals surface area contributed by atoms with Gasteiger partial charge in [-0.2, -0.15) is 0 Å². The molecule has 4 atom stereocenters. The topological polar surface area (TPSA) is 81.7 Å². The van der Waals surface area contributed by atoms with Crippen molar-refractivity contribution >= 4 is 17.7 Å². The van der Waals surface area contributed by atoms with E-state index in [1.807, 2.05) is 34.6 Å². The molecule has 4 unspecified atom stereocenters. The van der Waals surface area contributed by atoms with E-state index >= 15 is 0 Å². The van der Waals surface area contributed by atoms with E-state index in [-0.39, 0.29) is 41.3 Å². The average molecular weight is 528 g/mol. The van der Waals surface area contributed by atoms with Crippen LogP contribution in [0.5, 0.6) is 11.5 Å². The van der Waals surface area contributed by atoms with Gasteiger partial charge in [-0.1, -0.05) is 27.7 Å². The zero-order valence-electron chi connectivity index (χ0n) is 25.0. The highest BCUT2D eigenvalue weighted by Crippen LogP contribution is 2.47. The SMILES string of the molecule is CC(C)C1CCC(C)(C(=O)Oc2ccc(C(=O)CNC(C)(C)C)cc2OC(=O)C2(C)CCC(C(C)C)C2)C1. The fraction of sp³-hybridized carbons (Fsp3) is 0.719. The lowest BCUT2D eigenvalue weighted by molar-refractivity contribution is -0.147. The molecule has 1 aromatic rings. The number of hydrogen-bond acceptors (Lipinski definition) is 6. The van der Waals surface area contributed by atoms with E-state index in [2.05, 4.69) is 33.0 Å². The Kier molecular flexibility index (Phi) is 9.17. The molecule has 3 rings (SSSR count). The lowest BCUT2D eigenvalue weighted by Gasteiger charge is -2.25. The molecule has 212 valence electrons. The summed E-state index contributed by atoms with van der Waals surface area (Å²) >= 11 is 0. The Labute approximate surface area is 229 Å². The number of ether oxygens (including phenoxy) is 2. The fourth-order valence-corrected chi connectivity index (χ4v) is 5.82. The van der Waals surface area contributed by atoms with Gasteiger partial charge in [-0.15, -0.1) is 0 Å². The molecule has 2 fully saturated rings. The van der Waals surface area contributed by atoms with Crippen LogP contribution in [0.2, 0.25) is 0 Å². The normalized spacial score (nSPS) is 27.7. The van der Waals surface area contributed by atoms with Gasteiger partial charge in [0, 0.05) is 11.1 Å². The summed E-state index contributed by atoms with van der Waals surface area (Å²) in [6.07, 6.45) is 5.05. The van der Waals surface area contributed by atoms with E-state index in [1.165, 1.54) is 0 Å². The molecular weight excluding hydrogens is 478 g/mol. The molecule has 0 spiro atoms. The standard InChI is InChI=1S/C32H49NO5/c1-20(2)23-12-14-31(8,17-23)28(35)37-26-11-10-22(25(34)19-33-30(5,6)7)16-27(26)38-29(36)32(9)15-13-24(18-32)21(3)4/h10-11,16,20-21,23-24,33H,12-15,17-19H2,1-9H3. The van der Waals surface area contributed by atoms with Gasteiger partial charge in [0.25, 0.3) is 0 Å². The second kappa shape index (κ2) is 11.5. The quantitative estimate of drug-likeness (QED) is 0.212. The van der Waals surface area contributed by atoms with Crippen molar-refractivity contribution < 1.29 is 23.9 Å². The largest absolute Gasteiger partial charge is 0.422 e. The van der Waals surface area contributed by atoms with E-state index in [0.717, 1.165) is 38.5 Å². The highest BCUT2D eigenvalue weighted by Gasteiger charge is 2.45. The first-order chi connectivity index (χ1) is 17.5. The highest BCUT2D eigenvalue weighted by molar-refractivity contribution is 5.98. The van der Waals surface area contributed by atoms with Crippen LogP contribution in [0.4, 0.5) is 0 Å². The first kappa shape index (κ1) is 30.3. The Morgan fingerprint density at radius 1 is 0.868 bits per heavy atom. The Hall–Kier alpha value is -2.21. The van der Waals surface area contributed by atoms with Crippen LogP contribution in [0.3, 0.4) is 0 Å². The fourth-order valence-electron chi connectivity index (χ4n) is 5.82. The van der Waals surface area contributed by atoms with Gasteiger partial charge in [-0.05, 0) is 115 Å². The monoisotopic (exact) mass is 527 g/mol. The van der Waals surface area contributed by atoms with Crippen LogP contribution >= 0.6 is 0 Å². The first-order valence-corrected chi connectivity index (χ1v) is 14.4. The van der Waals surface area contributed by atoms with Crippen molar-refractivity contribution in [3.05, 3.63) is 23.8 Å². The molecule has 1 N–H and O–H groups in total. The predicted molar refractivity (Wildman–Crippen MR) is 150 cm³/mol. The minimum Gasteiger partial charge on any atom is -0.422 e. The van der Waals surface area contributed by atoms with Crippen LogP contribution in [0.15, 0.2) is 18.2 Å². The molecule has 6 nitrogen and oxygen atoms in total. The maximum atomic E-state index is 13.5. The molecule has 0 saturated heterocycles. The second-order valence-corrected chi connectivity index (χ2v) is 14.1. The lowest BCUT2D eigenvalue weighted by Crippen LogP contribution is -2.39. The molecule has 0 radical (unpaired) electrons. The molecule has 2 saturated carbocycles. The number of ketones is 1. The van der Waals surface area contributed by atoms with Crippen LogP contribution < -0.4 is 14.8 Å². The third-order valence-corrected chi connectivity index (χ3v) is 8.88. The van der Waals surface area contributed by atoms with Gasteiger partial charge in [-0.25, -0.2) is 0 Å². The third-order valence-electron chi connectivity index (χ3n) is 8.88. The van der Waals surface area contributed by atoms with Gasteiger partial charge in [0.15, 0.2) is 17.3 Å². The van der Waals surface area contributed by atoms with Crippen LogP contribution in [-0.2, 0) is 9.59 Å². The summed E-state index contributed by atoms with van der Waals surface area (Å²) in [5.74, 6) is 1.54. The predicted octanol–water partition coefficient (Wildman–Crippen LogP) is 6.99. The van der Waals surface area contributed by atoms with Crippen LogP contribution in [-0.4, -0.2) is 29.8 Å². The summed E-state index contributed by atoms with van der Waals surface area (Å²) in [4.78, 5) is 39.8. The van der Waals surface area contributed by atoms with E-state index in [1.54, 1.807) is 18.2 Å². The molecular formula is C32H49NO5. The van der Waals surface area contributed by atoms with Crippen LogP contribution in [0.25, 0.3) is 0 Å². The second-order valence-electron chi connectivity index (χ2n) is 14.1. The number of rotatable bonds is 9. The van der Waals surface area contributed by atoms with E-state index < -0.39 is 10.8 Å². The van der Waals surface area contributed by atoms with Crippen LogP contribution in [0.1, 0.15) is 111 Å².